The van der Waals surface area contributed by atoms with E-state index in [0.29, 0.717) is 6.04 Å². The van der Waals surface area contributed by atoms with Crippen LogP contribution in [-0.4, -0.2) is 30.1 Å². The third-order valence-corrected chi connectivity index (χ3v) is 5.50. The maximum atomic E-state index is 6.41. The number of nitrogens with two attached hydrogens (primary N) is 1. The van der Waals surface area contributed by atoms with Crippen molar-refractivity contribution in [1.82, 2.24) is 4.90 Å². The van der Waals surface area contributed by atoms with Gasteiger partial charge in [-0.1, -0.05) is 33.6 Å². The second-order valence-electron chi connectivity index (χ2n) is 7.34. The highest BCUT2D eigenvalue weighted by Crippen LogP contribution is 2.34. The predicted molar refractivity (Wildman–Crippen MR) is 83.1 cm³/mol. The molecule has 2 rings (SSSR count). The molecule has 0 aromatic rings. The highest BCUT2D eigenvalue weighted by atomic mass is 15.2. The first-order valence-electron chi connectivity index (χ1n) is 8.61. The molecule has 4 unspecified atom stereocenters. The number of hydrogen-bond acceptors (Lipinski definition) is 2. The smallest absolute Gasteiger partial charge is 0.0119 e. The van der Waals surface area contributed by atoms with Crippen LogP contribution in [0, 0.1) is 17.8 Å². The first-order valence-corrected chi connectivity index (χ1v) is 8.61. The normalized spacial score (nSPS) is 37.1. The zero-order valence-electron chi connectivity index (χ0n) is 13.3. The summed E-state index contributed by atoms with van der Waals surface area (Å²) in [7, 11) is 0. The molecule has 1 aliphatic heterocycles. The molecule has 4 atom stereocenters. The van der Waals surface area contributed by atoms with E-state index in [2.05, 4.69) is 25.7 Å². The van der Waals surface area contributed by atoms with Crippen molar-refractivity contribution in [2.75, 3.05) is 13.1 Å². The summed E-state index contributed by atoms with van der Waals surface area (Å²) in [6.45, 7) is 9.65. The van der Waals surface area contributed by atoms with Crippen molar-refractivity contribution in [1.29, 1.82) is 0 Å². The monoisotopic (exact) mass is 266 g/mol. The zero-order chi connectivity index (χ0) is 13.8. The SMILES string of the molecule is CCCC1CCC(N)C(CN2CCCC2C(C)C)C1. The fourth-order valence-electron chi connectivity index (χ4n) is 4.40. The maximum absolute atomic E-state index is 6.41. The van der Waals surface area contributed by atoms with Crippen molar-refractivity contribution in [3.63, 3.8) is 0 Å². The number of nitrogens with zero attached hydrogens (tertiary/aromatic N) is 1. The van der Waals surface area contributed by atoms with Gasteiger partial charge < -0.3 is 5.73 Å². The summed E-state index contributed by atoms with van der Waals surface area (Å²) in [6, 6.07) is 1.28. The molecule has 2 nitrogen and oxygen atoms in total. The zero-order valence-corrected chi connectivity index (χ0v) is 13.3. The lowest BCUT2D eigenvalue weighted by molar-refractivity contribution is 0.126. The minimum absolute atomic E-state index is 0.460. The first kappa shape index (κ1) is 15.3. The van der Waals surface area contributed by atoms with Crippen LogP contribution in [-0.2, 0) is 0 Å². The fraction of sp³-hybridized carbons (Fsp3) is 1.00. The standard InChI is InChI=1S/C17H34N2/c1-4-6-14-8-9-16(18)15(11-14)12-19-10-5-7-17(19)13(2)3/h13-17H,4-12,18H2,1-3H3. The van der Waals surface area contributed by atoms with E-state index >= 15 is 0 Å². The molecule has 1 aliphatic carbocycles. The number of rotatable bonds is 5. The minimum atomic E-state index is 0.460. The number of likely N-dealkylation sites (tertiary alicyclic amines) is 1. The van der Waals surface area contributed by atoms with Gasteiger partial charge in [0.25, 0.3) is 0 Å². The molecule has 2 N–H and O–H groups in total. The molecule has 0 amide bonds. The maximum Gasteiger partial charge on any atom is 0.0119 e. The van der Waals surface area contributed by atoms with Crippen molar-refractivity contribution < 1.29 is 0 Å². The van der Waals surface area contributed by atoms with Crippen molar-refractivity contribution >= 4 is 0 Å². The molecule has 0 bridgehead atoms. The van der Waals surface area contributed by atoms with Crippen LogP contribution in [0.25, 0.3) is 0 Å². The summed E-state index contributed by atoms with van der Waals surface area (Å²) in [5, 5.41) is 0. The van der Waals surface area contributed by atoms with Gasteiger partial charge >= 0.3 is 0 Å². The molecule has 0 spiro atoms. The molecule has 2 heteroatoms. The van der Waals surface area contributed by atoms with E-state index in [-0.39, 0.29) is 0 Å². The van der Waals surface area contributed by atoms with Crippen LogP contribution < -0.4 is 5.73 Å². The lowest BCUT2D eigenvalue weighted by Gasteiger charge is -2.38. The van der Waals surface area contributed by atoms with E-state index in [1.807, 2.05) is 0 Å². The minimum Gasteiger partial charge on any atom is -0.327 e. The Morgan fingerprint density at radius 1 is 1.21 bits per heavy atom. The Labute approximate surface area is 120 Å². The van der Waals surface area contributed by atoms with Gasteiger partial charge in [-0.2, -0.15) is 0 Å². The summed E-state index contributed by atoms with van der Waals surface area (Å²) >= 11 is 0. The Kier molecular flexibility index (Phi) is 5.70. The van der Waals surface area contributed by atoms with Gasteiger partial charge in [0.15, 0.2) is 0 Å². The van der Waals surface area contributed by atoms with Gasteiger partial charge in [-0.15, -0.1) is 0 Å². The molecule has 1 saturated carbocycles. The van der Waals surface area contributed by atoms with Crippen LogP contribution in [0.2, 0.25) is 0 Å². The van der Waals surface area contributed by atoms with Crippen molar-refractivity contribution in [2.24, 2.45) is 23.5 Å². The fourth-order valence-corrected chi connectivity index (χ4v) is 4.40. The van der Waals surface area contributed by atoms with E-state index in [9.17, 15) is 0 Å². The van der Waals surface area contributed by atoms with Gasteiger partial charge in [-0.25, -0.2) is 0 Å². The lowest BCUT2D eigenvalue weighted by atomic mass is 9.76. The quantitative estimate of drug-likeness (QED) is 0.823. The molecule has 1 saturated heterocycles. The van der Waals surface area contributed by atoms with Crippen molar-refractivity contribution in [3.8, 4) is 0 Å². The van der Waals surface area contributed by atoms with Gasteiger partial charge in [0.1, 0.15) is 0 Å². The third-order valence-electron chi connectivity index (χ3n) is 5.50. The van der Waals surface area contributed by atoms with Crippen LogP contribution >= 0.6 is 0 Å². The molecule has 0 aromatic heterocycles. The highest BCUT2D eigenvalue weighted by Gasteiger charge is 2.33. The molecule has 1 heterocycles. The van der Waals surface area contributed by atoms with Crippen LogP contribution in [0.4, 0.5) is 0 Å². The largest absolute Gasteiger partial charge is 0.327 e. The van der Waals surface area contributed by atoms with E-state index in [0.717, 1.165) is 23.8 Å². The van der Waals surface area contributed by atoms with Gasteiger partial charge in [0, 0.05) is 18.6 Å². The van der Waals surface area contributed by atoms with E-state index in [4.69, 9.17) is 5.73 Å². The van der Waals surface area contributed by atoms with E-state index in [1.165, 1.54) is 58.0 Å². The average molecular weight is 266 g/mol. The Morgan fingerprint density at radius 2 is 2.00 bits per heavy atom. The molecule has 19 heavy (non-hydrogen) atoms. The molecular weight excluding hydrogens is 232 g/mol. The summed E-state index contributed by atoms with van der Waals surface area (Å²) in [4.78, 5) is 2.75. The van der Waals surface area contributed by atoms with E-state index in [1.54, 1.807) is 0 Å². The van der Waals surface area contributed by atoms with Gasteiger partial charge in [-0.3, -0.25) is 4.90 Å². The molecule has 2 aliphatic rings. The van der Waals surface area contributed by atoms with Gasteiger partial charge in [0.05, 0.1) is 0 Å². The Morgan fingerprint density at radius 3 is 2.68 bits per heavy atom. The second kappa shape index (κ2) is 7.08. The van der Waals surface area contributed by atoms with Gasteiger partial charge in [-0.05, 0) is 56.4 Å². The van der Waals surface area contributed by atoms with E-state index < -0.39 is 0 Å². The second-order valence-corrected chi connectivity index (χ2v) is 7.34. The summed E-state index contributed by atoms with van der Waals surface area (Å²) < 4.78 is 0. The Bertz CT molecular complexity index is 264. The van der Waals surface area contributed by atoms with Crippen LogP contribution in [0.3, 0.4) is 0 Å². The highest BCUT2D eigenvalue weighted by molar-refractivity contribution is 4.89. The topological polar surface area (TPSA) is 29.3 Å². The Hall–Kier alpha value is -0.0800. The molecule has 112 valence electrons. The summed E-state index contributed by atoms with van der Waals surface area (Å²) in [5.74, 6) is 2.51. The first-order chi connectivity index (χ1) is 9.11. The average Bonchev–Trinajstić information content (AvgIpc) is 2.82. The van der Waals surface area contributed by atoms with Gasteiger partial charge in [0.2, 0.25) is 0 Å². The van der Waals surface area contributed by atoms with Crippen molar-refractivity contribution in [2.45, 2.75) is 77.8 Å². The molecule has 0 radical (unpaired) electrons. The number of hydrogen-bond donors (Lipinski definition) is 1. The third kappa shape index (κ3) is 3.95. The van der Waals surface area contributed by atoms with Crippen LogP contribution in [0.1, 0.15) is 65.7 Å². The van der Waals surface area contributed by atoms with Crippen LogP contribution in [0.15, 0.2) is 0 Å². The summed E-state index contributed by atoms with van der Waals surface area (Å²) in [6.07, 6.45) is 9.56. The predicted octanol–water partition coefficient (Wildman–Crippen LogP) is 3.65. The molecular formula is C17H34N2. The molecule has 2 fully saturated rings. The lowest BCUT2D eigenvalue weighted by Crippen LogP contribution is -2.45. The van der Waals surface area contributed by atoms with Crippen LogP contribution in [0.5, 0.6) is 0 Å². The Balaban J connectivity index is 1.89. The molecule has 0 aromatic carbocycles. The van der Waals surface area contributed by atoms with Crippen molar-refractivity contribution in [3.05, 3.63) is 0 Å². The summed E-state index contributed by atoms with van der Waals surface area (Å²) in [5.41, 5.74) is 6.41.